The maximum Gasteiger partial charge on any atom is 0.326 e. The van der Waals surface area contributed by atoms with Gasteiger partial charge >= 0.3 is 18.0 Å². The molecule has 0 aromatic heterocycles. The topological polar surface area (TPSA) is 116 Å². The van der Waals surface area contributed by atoms with E-state index in [1.807, 2.05) is 0 Å². The molecular weight excluding hydrogens is 280 g/mol. The number of rotatable bonds is 8. The number of nitrogens with zero attached hydrogens (tertiary/aromatic N) is 1. The van der Waals surface area contributed by atoms with Gasteiger partial charge in [-0.3, -0.25) is 4.79 Å². The normalized spacial score (nSPS) is 19.0. The maximum atomic E-state index is 12.1. The van der Waals surface area contributed by atoms with E-state index in [-0.39, 0.29) is 18.9 Å². The highest BCUT2D eigenvalue weighted by Gasteiger charge is 2.26. The van der Waals surface area contributed by atoms with Gasteiger partial charge in [-0.05, 0) is 26.2 Å². The third kappa shape index (κ3) is 5.99. The molecule has 1 saturated heterocycles. The summed E-state index contributed by atoms with van der Waals surface area (Å²) in [5.74, 6) is -2.33. The number of carboxylic acids is 2. The van der Waals surface area contributed by atoms with E-state index in [2.05, 4.69) is 5.32 Å². The van der Waals surface area contributed by atoms with Crippen molar-refractivity contribution in [2.75, 3.05) is 19.7 Å². The molecule has 21 heavy (non-hydrogen) atoms. The van der Waals surface area contributed by atoms with Gasteiger partial charge in [-0.15, -0.1) is 0 Å². The number of likely N-dealkylation sites (N-methyl/N-ethyl adjacent to an activating group) is 1. The van der Waals surface area contributed by atoms with Crippen molar-refractivity contribution in [1.29, 1.82) is 0 Å². The number of ether oxygens (including phenoxy) is 1. The lowest BCUT2D eigenvalue weighted by molar-refractivity contribution is -0.140. The highest BCUT2D eigenvalue weighted by atomic mass is 16.5. The number of hydrogen-bond acceptors (Lipinski definition) is 4. The van der Waals surface area contributed by atoms with E-state index >= 15 is 0 Å². The molecule has 120 valence electrons. The molecule has 0 spiro atoms. The Morgan fingerprint density at radius 3 is 2.57 bits per heavy atom. The summed E-state index contributed by atoms with van der Waals surface area (Å²) in [4.78, 5) is 35.1. The smallest absolute Gasteiger partial charge is 0.326 e. The Balaban J connectivity index is 2.52. The summed E-state index contributed by atoms with van der Waals surface area (Å²) >= 11 is 0. The number of carbonyl (C=O) groups excluding carboxylic acids is 1. The summed E-state index contributed by atoms with van der Waals surface area (Å²) in [5.41, 5.74) is 0. The van der Waals surface area contributed by atoms with Crippen molar-refractivity contribution < 1.29 is 29.3 Å². The Labute approximate surface area is 123 Å². The molecule has 2 amide bonds. The minimum absolute atomic E-state index is 0.0157. The predicted octanol–water partition coefficient (Wildman–Crippen LogP) is 0.515. The largest absolute Gasteiger partial charge is 0.481 e. The third-order valence-corrected chi connectivity index (χ3v) is 3.36. The van der Waals surface area contributed by atoms with Crippen LogP contribution >= 0.6 is 0 Å². The van der Waals surface area contributed by atoms with Crippen molar-refractivity contribution in [1.82, 2.24) is 10.2 Å². The zero-order valence-electron chi connectivity index (χ0n) is 12.1. The van der Waals surface area contributed by atoms with Crippen LogP contribution in [0.5, 0.6) is 0 Å². The molecule has 1 aliphatic heterocycles. The highest BCUT2D eigenvalue weighted by molar-refractivity contribution is 5.83. The fourth-order valence-corrected chi connectivity index (χ4v) is 2.16. The van der Waals surface area contributed by atoms with Crippen LogP contribution in [0, 0.1) is 0 Å². The lowest BCUT2D eigenvalue weighted by atomic mass is 10.1. The quantitative estimate of drug-likeness (QED) is 0.601. The maximum absolute atomic E-state index is 12.1. The SMILES string of the molecule is CCN(CC1CCCO1)C(=O)NC(CCC(=O)O)C(=O)O. The van der Waals surface area contributed by atoms with E-state index in [0.717, 1.165) is 12.8 Å². The van der Waals surface area contributed by atoms with Crippen molar-refractivity contribution in [3.05, 3.63) is 0 Å². The molecule has 0 aromatic rings. The van der Waals surface area contributed by atoms with E-state index in [1.54, 1.807) is 6.92 Å². The Morgan fingerprint density at radius 1 is 1.38 bits per heavy atom. The molecule has 1 fully saturated rings. The van der Waals surface area contributed by atoms with Crippen LogP contribution in [0.15, 0.2) is 0 Å². The number of carbonyl (C=O) groups is 3. The van der Waals surface area contributed by atoms with Gasteiger partial charge in [-0.1, -0.05) is 0 Å². The van der Waals surface area contributed by atoms with Gasteiger partial charge in [0.15, 0.2) is 0 Å². The molecule has 8 nitrogen and oxygen atoms in total. The standard InChI is InChI=1S/C13H22N2O6/c1-2-15(8-9-4-3-7-21-9)13(20)14-10(12(18)19)5-6-11(16)17/h9-10H,2-8H2,1H3,(H,14,20)(H,16,17)(H,18,19). The van der Waals surface area contributed by atoms with E-state index in [9.17, 15) is 14.4 Å². The predicted molar refractivity (Wildman–Crippen MR) is 73.0 cm³/mol. The summed E-state index contributed by atoms with van der Waals surface area (Å²) < 4.78 is 5.45. The number of carboxylic acid groups (broad SMARTS) is 2. The first kappa shape index (κ1) is 17.2. The van der Waals surface area contributed by atoms with Crippen LogP contribution < -0.4 is 5.32 Å². The van der Waals surface area contributed by atoms with Gasteiger partial charge in [0, 0.05) is 26.1 Å². The van der Waals surface area contributed by atoms with Crippen molar-refractivity contribution in [2.45, 2.75) is 44.8 Å². The van der Waals surface area contributed by atoms with Crippen LogP contribution in [0.3, 0.4) is 0 Å². The van der Waals surface area contributed by atoms with Crippen LogP contribution in [0.25, 0.3) is 0 Å². The van der Waals surface area contributed by atoms with Crippen molar-refractivity contribution in [3.8, 4) is 0 Å². The van der Waals surface area contributed by atoms with Crippen LogP contribution in [-0.4, -0.2) is 64.9 Å². The molecule has 0 bridgehead atoms. The minimum atomic E-state index is -1.24. The van der Waals surface area contributed by atoms with Crippen LogP contribution in [0.1, 0.15) is 32.6 Å². The van der Waals surface area contributed by atoms with Crippen molar-refractivity contribution >= 4 is 18.0 Å². The Morgan fingerprint density at radius 2 is 2.10 bits per heavy atom. The lowest BCUT2D eigenvalue weighted by Crippen LogP contribution is -2.49. The second-order valence-corrected chi connectivity index (χ2v) is 4.95. The lowest BCUT2D eigenvalue weighted by Gasteiger charge is -2.26. The summed E-state index contributed by atoms with van der Waals surface area (Å²) in [6, 6.07) is -1.71. The average Bonchev–Trinajstić information content (AvgIpc) is 2.92. The second-order valence-electron chi connectivity index (χ2n) is 4.95. The summed E-state index contributed by atoms with van der Waals surface area (Å²) in [6.07, 6.45) is 1.37. The van der Waals surface area contributed by atoms with E-state index < -0.39 is 24.0 Å². The molecule has 2 atom stereocenters. The molecule has 8 heteroatoms. The number of aliphatic carboxylic acids is 2. The number of nitrogens with one attached hydrogen (secondary N) is 1. The van der Waals surface area contributed by atoms with Gasteiger partial charge in [-0.2, -0.15) is 0 Å². The molecule has 1 rings (SSSR count). The molecule has 1 heterocycles. The molecule has 2 unspecified atom stereocenters. The van der Waals surface area contributed by atoms with Gasteiger partial charge in [0.2, 0.25) is 0 Å². The van der Waals surface area contributed by atoms with E-state index in [0.29, 0.717) is 19.7 Å². The van der Waals surface area contributed by atoms with Crippen LogP contribution in [0.4, 0.5) is 4.79 Å². The summed E-state index contributed by atoms with van der Waals surface area (Å²) in [5, 5.41) is 20.0. The monoisotopic (exact) mass is 302 g/mol. The first-order valence-electron chi connectivity index (χ1n) is 7.05. The van der Waals surface area contributed by atoms with Crippen molar-refractivity contribution in [2.24, 2.45) is 0 Å². The zero-order chi connectivity index (χ0) is 15.8. The van der Waals surface area contributed by atoms with Crippen LogP contribution in [-0.2, 0) is 14.3 Å². The van der Waals surface area contributed by atoms with Gasteiger partial charge in [-0.25, -0.2) is 9.59 Å². The highest BCUT2D eigenvalue weighted by Crippen LogP contribution is 2.13. The second kappa shape index (κ2) is 8.46. The first-order valence-corrected chi connectivity index (χ1v) is 7.05. The Bertz CT molecular complexity index is 381. The molecule has 3 N–H and O–H groups in total. The number of hydrogen-bond donors (Lipinski definition) is 3. The van der Waals surface area contributed by atoms with Gasteiger partial charge in [0.25, 0.3) is 0 Å². The minimum Gasteiger partial charge on any atom is -0.481 e. The summed E-state index contributed by atoms with van der Waals surface area (Å²) in [6.45, 7) is 3.31. The van der Waals surface area contributed by atoms with Gasteiger partial charge in [0.1, 0.15) is 6.04 Å². The Hall–Kier alpha value is -1.83. The molecule has 0 aromatic carbocycles. The van der Waals surface area contributed by atoms with Gasteiger partial charge < -0.3 is 25.2 Å². The van der Waals surface area contributed by atoms with Crippen LogP contribution in [0.2, 0.25) is 0 Å². The molecule has 0 radical (unpaired) electrons. The fraction of sp³-hybridized carbons (Fsp3) is 0.769. The first-order chi connectivity index (χ1) is 9.93. The van der Waals surface area contributed by atoms with E-state index in [1.165, 1.54) is 4.90 Å². The number of amides is 2. The van der Waals surface area contributed by atoms with E-state index in [4.69, 9.17) is 14.9 Å². The fourth-order valence-electron chi connectivity index (χ4n) is 2.16. The molecule has 1 aliphatic rings. The molecular formula is C13H22N2O6. The average molecular weight is 302 g/mol. The Kier molecular flexibility index (Phi) is 6.93. The third-order valence-electron chi connectivity index (χ3n) is 3.36. The molecule has 0 aliphatic carbocycles. The number of urea groups is 1. The zero-order valence-corrected chi connectivity index (χ0v) is 12.1. The summed E-state index contributed by atoms with van der Waals surface area (Å²) in [7, 11) is 0. The molecule has 0 saturated carbocycles. The van der Waals surface area contributed by atoms with Gasteiger partial charge in [0.05, 0.1) is 6.10 Å². The van der Waals surface area contributed by atoms with Crippen molar-refractivity contribution in [3.63, 3.8) is 0 Å².